The van der Waals surface area contributed by atoms with Crippen LogP contribution in [-0.4, -0.2) is 48.1 Å². The van der Waals surface area contributed by atoms with E-state index >= 15 is 0 Å². The number of benzene rings is 1. The maximum atomic E-state index is 11.8. The van der Waals surface area contributed by atoms with Crippen molar-refractivity contribution < 1.29 is 14.7 Å². The molecule has 1 N–H and O–H groups in total. The number of hydrogen-bond acceptors (Lipinski definition) is 3. The fourth-order valence-electron chi connectivity index (χ4n) is 3.09. The summed E-state index contributed by atoms with van der Waals surface area (Å²) in [7, 11) is 0. The van der Waals surface area contributed by atoms with E-state index in [4.69, 9.17) is 5.11 Å². The topological polar surface area (TPSA) is 60.9 Å². The van der Waals surface area contributed by atoms with E-state index in [0.29, 0.717) is 13.1 Å². The second-order valence-corrected chi connectivity index (χ2v) is 5.69. The molecule has 0 atom stereocenters. The molecular formula is C16H22N2O3. The third-order valence-electron chi connectivity index (χ3n) is 3.89. The van der Waals surface area contributed by atoms with Gasteiger partial charge in [-0.2, -0.15) is 0 Å². The van der Waals surface area contributed by atoms with Gasteiger partial charge in [0, 0.05) is 31.9 Å². The average Bonchev–Trinajstić information content (AvgIpc) is 2.37. The maximum absolute atomic E-state index is 11.8. The third kappa shape index (κ3) is 3.54. The van der Waals surface area contributed by atoms with Gasteiger partial charge in [0.1, 0.15) is 6.42 Å². The van der Waals surface area contributed by atoms with Crippen molar-refractivity contribution in [1.29, 1.82) is 0 Å². The monoisotopic (exact) mass is 290 g/mol. The van der Waals surface area contributed by atoms with Gasteiger partial charge in [-0.1, -0.05) is 17.7 Å². The normalized spacial score (nSPS) is 15.2. The Kier molecular flexibility index (Phi) is 4.50. The van der Waals surface area contributed by atoms with Crippen molar-refractivity contribution in [1.82, 2.24) is 4.90 Å². The highest BCUT2D eigenvalue weighted by molar-refractivity contribution is 5.93. The molecule has 1 saturated heterocycles. The molecule has 0 radical (unpaired) electrons. The van der Waals surface area contributed by atoms with Crippen LogP contribution >= 0.6 is 0 Å². The second kappa shape index (κ2) is 6.16. The van der Waals surface area contributed by atoms with E-state index < -0.39 is 12.4 Å². The Balaban J connectivity index is 2.05. The van der Waals surface area contributed by atoms with Crippen LogP contribution in [0.15, 0.2) is 12.1 Å². The first-order valence-electron chi connectivity index (χ1n) is 7.21. The molecule has 2 rings (SSSR count). The van der Waals surface area contributed by atoms with Gasteiger partial charge < -0.3 is 14.9 Å². The molecule has 0 unspecified atom stereocenters. The molecule has 21 heavy (non-hydrogen) atoms. The molecule has 0 spiro atoms. The van der Waals surface area contributed by atoms with Crippen LogP contribution in [0.25, 0.3) is 0 Å². The van der Waals surface area contributed by atoms with Crippen LogP contribution in [-0.2, 0) is 9.59 Å². The number of carbonyl (C=O) groups excluding carboxylic acids is 1. The van der Waals surface area contributed by atoms with Crippen molar-refractivity contribution in [2.75, 3.05) is 31.1 Å². The summed E-state index contributed by atoms with van der Waals surface area (Å²) in [6, 6.07) is 4.34. The zero-order chi connectivity index (χ0) is 15.6. The highest BCUT2D eigenvalue weighted by atomic mass is 16.4. The van der Waals surface area contributed by atoms with Gasteiger partial charge in [-0.3, -0.25) is 9.59 Å². The number of piperazine rings is 1. The largest absolute Gasteiger partial charge is 0.481 e. The first kappa shape index (κ1) is 15.4. The number of nitrogens with zero attached hydrogens (tertiary/aromatic N) is 2. The lowest BCUT2D eigenvalue weighted by atomic mass is 10.0. The Hall–Kier alpha value is -2.04. The third-order valence-corrected chi connectivity index (χ3v) is 3.89. The highest BCUT2D eigenvalue weighted by Gasteiger charge is 2.24. The minimum atomic E-state index is -1.06. The molecule has 1 aliphatic heterocycles. The summed E-state index contributed by atoms with van der Waals surface area (Å²) >= 11 is 0. The molecule has 5 heteroatoms. The predicted octanol–water partition coefficient (Wildman–Crippen LogP) is 1.74. The smallest absolute Gasteiger partial charge is 0.312 e. The molecule has 0 saturated carbocycles. The van der Waals surface area contributed by atoms with Gasteiger partial charge >= 0.3 is 5.97 Å². The van der Waals surface area contributed by atoms with Crippen LogP contribution in [0.4, 0.5) is 5.69 Å². The number of anilines is 1. The second-order valence-electron chi connectivity index (χ2n) is 5.69. The van der Waals surface area contributed by atoms with Crippen LogP contribution in [0.3, 0.4) is 0 Å². The first-order valence-corrected chi connectivity index (χ1v) is 7.21. The van der Waals surface area contributed by atoms with Crippen LogP contribution in [0.2, 0.25) is 0 Å². The molecule has 1 aromatic carbocycles. The van der Waals surface area contributed by atoms with Crippen molar-refractivity contribution in [2.45, 2.75) is 27.2 Å². The summed E-state index contributed by atoms with van der Waals surface area (Å²) in [6.07, 6.45) is -0.414. The highest BCUT2D eigenvalue weighted by Crippen LogP contribution is 2.27. The molecule has 114 valence electrons. The Morgan fingerprint density at radius 3 is 2.05 bits per heavy atom. The van der Waals surface area contributed by atoms with E-state index in [1.54, 1.807) is 4.90 Å². The number of rotatable bonds is 3. The number of aryl methyl sites for hydroxylation is 3. The Bertz CT molecular complexity index is 538. The standard InChI is InChI=1S/C16H22N2O3/c1-11-8-12(2)16(13(3)9-11)18-6-4-17(5-7-18)14(19)10-15(20)21/h8-9H,4-7,10H2,1-3H3,(H,20,21). The minimum Gasteiger partial charge on any atom is -0.481 e. The van der Waals surface area contributed by atoms with Gasteiger partial charge in [0.25, 0.3) is 0 Å². The zero-order valence-corrected chi connectivity index (χ0v) is 12.8. The Morgan fingerprint density at radius 1 is 1.05 bits per heavy atom. The van der Waals surface area contributed by atoms with Crippen molar-refractivity contribution >= 4 is 17.6 Å². The van der Waals surface area contributed by atoms with Gasteiger partial charge in [0.2, 0.25) is 5.91 Å². The molecule has 0 bridgehead atoms. The number of aliphatic carboxylic acids is 1. The van der Waals surface area contributed by atoms with E-state index in [1.165, 1.54) is 22.4 Å². The molecule has 1 amide bonds. The minimum absolute atomic E-state index is 0.292. The Morgan fingerprint density at radius 2 is 1.57 bits per heavy atom. The number of carbonyl (C=O) groups is 2. The summed E-state index contributed by atoms with van der Waals surface area (Å²) in [4.78, 5) is 26.3. The zero-order valence-electron chi connectivity index (χ0n) is 12.8. The van der Waals surface area contributed by atoms with Crippen molar-refractivity contribution in [2.24, 2.45) is 0 Å². The van der Waals surface area contributed by atoms with Gasteiger partial charge in [-0.25, -0.2) is 0 Å². The fourth-order valence-corrected chi connectivity index (χ4v) is 3.09. The fraction of sp³-hybridized carbons (Fsp3) is 0.500. The summed E-state index contributed by atoms with van der Waals surface area (Å²) in [5.74, 6) is -1.35. The molecular weight excluding hydrogens is 268 g/mol. The van der Waals surface area contributed by atoms with Gasteiger partial charge in [-0.05, 0) is 31.9 Å². The van der Waals surface area contributed by atoms with Crippen molar-refractivity contribution in [3.05, 3.63) is 28.8 Å². The number of carboxylic acids is 1. The predicted molar refractivity (Wildman–Crippen MR) is 81.7 cm³/mol. The molecule has 1 heterocycles. The Labute approximate surface area is 125 Å². The van der Waals surface area contributed by atoms with E-state index in [0.717, 1.165) is 13.1 Å². The average molecular weight is 290 g/mol. The lowest BCUT2D eigenvalue weighted by Crippen LogP contribution is -2.49. The molecule has 1 aromatic rings. The number of carboxylic acid groups (broad SMARTS) is 1. The van der Waals surface area contributed by atoms with Crippen molar-refractivity contribution in [3.63, 3.8) is 0 Å². The van der Waals surface area contributed by atoms with E-state index in [1.807, 2.05) is 0 Å². The molecule has 1 aliphatic rings. The lowest BCUT2D eigenvalue weighted by Gasteiger charge is -2.37. The summed E-state index contributed by atoms with van der Waals surface area (Å²) in [6.45, 7) is 8.96. The van der Waals surface area contributed by atoms with Gasteiger partial charge in [0.05, 0.1) is 0 Å². The quantitative estimate of drug-likeness (QED) is 0.861. The van der Waals surface area contributed by atoms with Crippen LogP contribution < -0.4 is 4.90 Å². The van der Waals surface area contributed by atoms with Crippen LogP contribution in [0.5, 0.6) is 0 Å². The van der Waals surface area contributed by atoms with E-state index in [9.17, 15) is 9.59 Å². The summed E-state index contributed by atoms with van der Waals surface area (Å²) in [5, 5.41) is 8.69. The SMILES string of the molecule is Cc1cc(C)c(N2CCN(C(=O)CC(=O)O)CC2)c(C)c1. The molecule has 5 nitrogen and oxygen atoms in total. The molecule has 0 aliphatic carbocycles. The first-order chi connectivity index (χ1) is 9.88. The molecule has 1 fully saturated rings. The van der Waals surface area contributed by atoms with E-state index in [-0.39, 0.29) is 5.91 Å². The van der Waals surface area contributed by atoms with Gasteiger partial charge in [0.15, 0.2) is 0 Å². The van der Waals surface area contributed by atoms with Crippen LogP contribution in [0, 0.1) is 20.8 Å². The number of amides is 1. The summed E-state index contributed by atoms with van der Waals surface area (Å²) in [5.41, 5.74) is 4.99. The maximum Gasteiger partial charge on any atom is 0.312 e. The van der Waals surface area contributed by atoms with Crippen LogP contribution in [0.1, 0.15) is 23.1 Å². The van der Waals surface area contributed by atoms with Crippen molar-refractivity contribution in [3.8, 4) is 0 Å². The van der Waals surface area contributed by atoms with E-state index in [2.05, 4.69) is 37.8 Å². The lowest BCUT2D eigenvalue weighted by molar-refractivity contribution is -0.144. The molecule has 0 aromatic heterocycles. The summed E-state index contributed by atoms with van der Waals surface area (Å²) < 4.78 is 0. The number of hydrogen-bond donors (Lipinski definition) is 1. The van der Waals surface area contributed by atoms with Gasteiger partial charge in [-0.15, -0.1) is 0 Å².